The van der Waals surface area contributed by atoms with Crippen molar-refractivity contribution in [1.29, 1.82) is 0 Å². The maximum absolute atomic E-state index is 11.8. The van der Waals surface area contributed by atoms with Gasteiger partial charge in [0.2, 0.25) is 5.91 Å². The molecule has 0 aliphatic carbocycles. The molecule has 0 aromatic heterocycles. The lowest BCUT2D eigenvalue weighted by Crippen LogP contribution is -2.26. The van der Waals surface area contributed by atoms with Crippen LogP contribution in [-0.4, -0.2) is 43.3 Å². The van der Waals surface area contributed by atoms with E-state index in [2.05, 4.69) is 5.32 Å². The first kappa shape index (κ1) is 20.4. The van der Waals surface area contributed by atoms with Gasteiger partial charge in [-0.15, -0.1) is 0 Å². The highest BCUT2D eigenvalue weighted by Crippen LogP contribution is 2.13. The summed E-state index contributed by atoms with van der Waals surface area (Å²) in [5, 5.41) is 11.5. The molecule has 0 unspecified atom stereocenters. The third-order valence-corrected chi connectivity index (χ3v) is 4.05. The van der Waals surface area contributed by atoms with Crippen LogP contribution in [0.3, 0.4) is 0 Å². The van der Waals surface area contributed by atoms with E-state index < -0.39 is 0 Å². The van der Waals surface area contributed by atoms with E-state index in [9.17, 15) is 4.79 Å². The van der Waals surface area contributed by atoms with Crippen molar-refractivity contribution in [3.8, 4) is 5.75 Å². The van der Waals surface area contributed by atoms with Crippen LogP contribution in [-0.2, 0) is 4.79 Å². The number of hydrogen-bond donors (Lipinski definition) is 3. The molecule has 6 nitrogen and oxygen atoms in total. The molecule has 27 heavy (non-hydrogen) atoms. The van der Waals surface area contributed by atoms with Gasteiger partial charge in [-0.3, -0.25) is 15.5 Å². The maximum atomic E-state index is 11.8. The highest BCUT2D eigenvalue weighted by atomic mass is 32.1. The average molecular weight is 385 g/mol. The quantitative estimate of drug-likeness (QED) is 0.281. The Kier molecular flexibility index (Phi) is 7.79. The van der Waals surface area contributed by atoms with E-state index in [1.54, 1.807) is 30.3 Å². The Morgan fingerprint density at radius 2 is 1.81 bits per heavy atom. The highest BCUT2D eigenvalue weighted by molar-refractivity contribution is 7.80. The number of hydrogen-bond acceptors (Lipinski definition) is 5. The summed E-state index contributed by atoms with van der Waals surface area (Å²) in [7, 11) is 3.96. The Morgan fingerprint density at radius 1 is 1.15 bits per heavy atom. The molecule has 0 aliphatic rings. The van der Waals surface area contributed by atoms with E-state index in [0.717, 1.165) is 11.3 Å². The number of hydroxylamine groups is 1. The lowest BCUT2D eigenvalue weighted by atomic mass is 10.2. The smallest absolute Gasteiger partial charge is 0.244 e. The fraction of sp³-hybridized carbons (Fsp3) is 0.200. The summed E-state index contributed by atoms with van der Waals surface area (Å²) in [5.74, 6) is 0.482. The average Bonchev–Trinajstić information content (AvgIpc) is 2.69. The Morgan fingerprint density at radius 3 is 2.41 bits per heavy atom. The predicted octanol–water partition coefficient (Wildman–Crippen LogP) is 2.62. The highest BCUT2D eigenvalue weighted by Gasteiger charge is 2.01. The molecule has 7 heteroatoms. The van der Waals surface area contributed by atoms with Crippen molar-refractivity contribution in [2.45, 2.75) is 0 Å². The van der Waals surface area contributed by atoms with Crippen LogP contribution >= 0.6 is 12.2 Å². The number of carbonyl (C=O) groups is 1. The van der Waals surface area contributed by atoms with Gasteiger partial charge in [-0.1, -0.05) is 24.4 Å². The third-order valence-electron chi connectivity index (χ3n) is 3.72. The molecule has 0 radical (unpaired) electrons. The zero-order valence-electron chi connectivity index (χ0n) is 15.3. The molecule has 0 bridgehead atoms. The monoisotopic (exact) mass is 385 g/mol. The van der Waals surface area contributed by atoms with Crippen LogP contribution in [0.4, 0.5) is 5.69 Å². The predicted molar refractivity (Wildman–Crippen MR) is 111 cm³/mol. The topological polar surface area (TPSA) is 73.8 Å². The van der Waals surface area contributed by atoms with Gasteiger partial charge in [-0.05, 0) is 48.0 Å². The molecule has 2 rings (SSSR count). The first-order valence-electron chi connectivity index (χ1n) is 8.40. The van der Waals surface area contributed by atoms with Crippen LogP contribution in [0.5, 0.6) is 5.75 Å². The molecule has 0 saturated heterocycles. The third kappa shape index (κ3) is 6.73. The van der Waals surface area contributed by atoms with Crippen LogP contribution in [0.2, 0.25) is 0 Å². The standard InChI is InChI=1S/C20H23N3O3S/c1-23(2)17-8-3-15(4-9-17)5-12-19(24)21-13-14-26-18-10-6-16(7-11-18)20(27)22-25/h3-12,25H,13-14H2,1-2H3,(H,21,24)(H,22,27). The molecule has 0 atom stereocenters. The lowest BCUT2D eigenvalue weighted by molar-refractivity contribution is -0.116. The van der Waals surface area contributed by atoms with Gasteiger partial charge >= 0.3 is 0 Å². The van der Waals surface area contributed by atoms with Gasteiger partial charge < -0.3 is 15.0 Å². The van der Waals surface area contributed by atoms with E-state index in [0.29, 0.717) is 24.5 Å². The SMILES string of the molecule is CN(C)c1ccc(C=CC(=O)NCCOc2ccc(C(=S)NO)cc2)cc1. The minimum absolute atomic E-state index is 0.176. The molecule has 1 amide bonds. The van der Waals surface area contributed by atoms with Gasteiger partial charge in [0, 0.05) is 31.4 Å². The summed E-state index contributed by atoms with van der Waals surface area (Å²) in [6, 6.07) is 14.9. The number of nitrogens with one attached hydrogen (secondary N) is 2. The molecule has 0 aliphatic heterocycles. The van der Waals surface area contributed by atoms with Crippen molar-refractivity contribution in [2.75, 3.05) is 32.1 Å². The van der Waals surface area contributed by atoms with E-state index in [1.165, 1.54) is 6.08 Å². The second kappa shape index (κ2) is 10.3. The zero-order chi connectivity index (χ0) is 19.6. The summed E-state index contributed by atoms with van der Waals surface area (Å²) in [6.45, 7) is 0.736. The molecule has 142 valence electrons. The molecule has 0 fully saturated rings. The Balaban J connectivity index is 1.72. The molecule has 3 N–H and O–H groups in total. The molecule has 2 aromatic rings. The molecule has 2 aromatic carbocycles. The number of amides is 1. The lowest BCUT2D eigenvalue weighted by Gasteiger charge is -2.11. The van der Waals surface area contributed by atoms with Crippen LogP contribution < -0.4 is 20.4 Å². The van der Waals surface area contributed by atoms with Crippen molar-refractivity contribution in [2.24, 2.45) is 0 Å². The fourth-order valence-corrected chi connectivity index (χ4v) is 2.36. The number of carbonyl (C=O) groups excluding carboxylic acids is 1. The minimum atomic E-state index is -0.176. The first-order chi connectivity index (χ1) is 13.0. The molecule has 0 spiro atoms. The number of anilines is 1. The van der Waals surface area contributed by atoms with E-state index in [1.807, 2.05) is 48.7 Å². The van der Waals surface area contributed by atoms with Crippen LogP contribution in [0.25, 0.3) is 6.08 Å². The Bertz CT molecular complexity index is 787. The van der Waals surface area contributed by atoms with E-state index in [4.69, 9.17) is 22.2 Å². The number of thiocarbonyl (C=S) groups is 1. The van der Waals surface area contributed by atoms with E-state index >= 15 is 0 Å². The zero-order valence-corrected chi connectivity index (χ0v) is 16.1. The van der Waals surface area contributed by atoms with Gasteiger partial charge in [0.05, 0.1) is 6.54 Å². The van der Waals surface area contributed by atoms with Crippen LogP contribution in [0.15, 0.2) is 54.6 Å². The molecule has 0 heterocycles. The summed E-state index contributed by atoms with van der Waals surface area (Å²) in [4.78, 5) is 14.1. The fourth-order valence-electron chi connectivity index (χ4n) is 2.22. The van der Waals surface area contributed by atoms with E-state index in [-0.39, 0.29) is 10.9 Å². The second-order valence-electron chi connectivity index (χ2n) is 5.92. The number of benzene rings is 2. The van der Waals surface area contributed by atoms with Crippen molar-refractivity contribution >= 4 is 34.9 Å². The van der Waals surface area contributed by atoms with Crippen molar-refractivity contribution in [3.63, 3.8) is 0 Å². The van der Waals surface area contributed by atoms with Gasteiger partial charge in [0.25, 0.3) is 0 Å². The first-order valence-corrected chi connectivity index (χ1v) is 8.81. The summed E-state index contributed by atoms with van der Waals surface area (Å²) in [6.07, 6.45) is 3.27. The molecular weight excluding hydrogens is 362 g/mol. The largest absolute Gasteiger partial charge is 0.492 e. The van der Waals surface area contributed by atoms with Crippen LogP contribution in [0, 0.1) is 0 Å². The summed E-state index contributed by atoms with van der Waals surface area (Å²) >= 11 is 4.92. The normalized spacial score (nSPS) is 10.5. The molecule has 0 saturated carbocycles. The maximum Gasteiger partial charge on any atom is 0.244 e. The second-order valence-corrected chi connectivity index (χ2v) is 6.33. The Hall–Kier alpha value is -2.90. The number of nitrogens with zero attached hydrogens (tertiary/aromatic N) is 1. The van der Waals surface area contributed by atoms with Gasteiger partial charge in [-0.25, -0.2) is 0 Å². The summed E-state index contributed by atoms with van der Waals surface area (Å²) < 4.78 is 5.55. The van der Waals surface area contributed by atoms with Gasteiger partial charge in [-0.2, -0.15) is 0 Å². The summed E-state index contributed by atoms with van der Waals surface area (Å²) in [5.41, 5.74) is 4.69. The molecular formula is C20H23N3O3S. The minimum Gasteiger partial charge on any atom is -0.492 e. The van der Waals surface area contributed by atoms with Gasteiger partial charge in [0.1, 0.15) is 17.3 Å². The Labute approximate surface area is 164 Å². The van der Waals surface area contributed by atoms with Crippen molar-refractivity contribution in [1.82, 2.24) is 10.8 Å². The van der Waals surface area contributed by atoms with Gasteiger partial charge in [0.15, 0.2) is 0 Å². The number of ether oxygens (including phenoxy) is 1. The van der Waals surface area contributed by atoms with Crippen molar-refractivity contribution < 1.29 is 14.7 Å². The van der Waals surface area contributed by atoms with Crippen molar-refractivity contribution in [3.05, 3.63) is 65.7 Å². The van der Waals surface area contributed by atoms with Crippen LogP contribution in [0.1, 0.15) is 11.1 Å². The number of rotatable bonds is 8.